The number of esters is 4. The zero-order chi connectivity index (χ0) is 21.7. The topological polar surface area (TPSA) is 158 Å². The first-order chi connectivity index (χ1) is 13.6. The summed E-state index contributed by atoms with van der Waals surface area (Å²) in [5, 5.41) is 10.4. The normalized spacial score (nSPS) is 26.3. The summed E-state index contributed by atoms with van der Waals surface area (Å²) in [6.07, 6.45) is -6.34. The number of aromatic nitrogens is 4. The number of nitrogens with zero attached hydrogens (tertiary/aromatic N) is 4. The lowest BCUT2D eigenvalue weighted by Crippen LogP contribution is -2.60. The van der Waals surface area contributed by atoms with Crippen LogP contribution in [-0.4, -0.2) is 75.1 Å². The molecule has 0 N–H and O–H groups in total. The molecular formula is C15H19ClN4O9. The van der Waals surface area contributed by atoms with Crippen molar-refractivity contribution in [2.24, 2.45) is 0 Å². The van der Waals surface area contributed by atoms with Crippen molar-refractivity contribution < 1.29 is 42.9 Å². The van der Waals surface area contributed by atoms with Gasteiger partial charge in [-0.05, 0) is 22.0 Å². The van der Waals surface area contributed by atoms with Gasteiger partial charge in [-0.15, -0.1) is 0 Å². The number of tetrazole rings is 1. The number of rotatable bonds is 6. The van der Waals surface area contributed by atoms with Crippen LogP contribution in [0.5, 0.6) is 0 Å². The Morgan fingerprint density at radius 3 is 1.97 bits per heavy atom. The van der Waals surface area contributed by atoms with Gasteiger partial charge in [0.15, 0.2) is 24.5 Å². The molecule has 13 nitrogen and oxygen atoms in total. The van der Waals surface area contributed by atoms with Crippen molar-refractivity contribution in [2.45, 2.75) is 58.3 Å². The Hall–Kier alpha value is -2.80. The summed E-state index contributed by atoms with van der Waals surface area (Å²) in [5.41, 5.74) is 0. The molecule has 0 spiro atoms. The molecule has 160 valence electrons. The first-order valence-electron chi connectivity index (χ1n) is 8.34. The molecule has 1 aliphatic heterocycles. The molecule has 0 unspecified atom stereocenters. The van der Waals surface area contributed by atoms with Crippen LogP contribution in [0.15, 0.2) is 0 Å². The highest BCUT2D eigenvalue weighted by molar-refractivity contribution is 6.28. The minimum atomic E-state index is -1.34. The highest BCUT2D eigenvalue weighted by atomic mass is 35.5. The molecule has 1 aromatic heterocycles. The first kappa shape index (κ1) is 22.5. The maximum absolute atomic E-state index is 11.7. The molecule has 14 heteroatoms. The van der Waals surface area contributed by atoms with Gasteiger partial charge in [-0.2, -0.15) is 4.68 Å². The minimum absolute atomic E-state index is 0.217. The Morgan fingerprint density at radius 1 is 0.931 bits per heavy atom. The fraction of sp³-hybridized carbons (Fsp3) is 0.667. The number of hydrogen-bond donors (Lipinski definition) is 0. The van der Waals surface area contributed by atoms with Gasteiger partial charge >= 0.3 is 23.9 Å². The minimum Gasteiger partial charge on any atom is -0.463 e. The summed E-state index contributed by atoms with van der Waals surface area (Å²) in [6.45, 7) is 4.16. The summed E-state index contributed by atoms with van der Waals surface area (Å²) in [7, 11) is 0. The smallest absolute Gasteiger partial charge is 0.303 e. The van der Waals surface area contributed by atoms with E-state index in [4.69, 9.17) is 35.3 Å². The second-order valence-electron chi connectivity index (χ2n) is 5.98. The summed E-state index contributed by atoms with van der Waals surface area (Å²) in [5.74, 6) is -2.86. The van der Waals surface area contributed by atoms with Crippen molar-refractivity contribution in [3.63, 3.8) is 0 Å². The fourth-order valence-corrected chi connectivity index (χ4v) is 2.90. The van der Waals surface area contributed by atoms with Crippen LogP contribution < -0.4 is 0 Å². The van der Waals surface area contributed by atoms with Gasteiger partial charge in [0, 0.05) is 27.7 Å². The van der Waals surface area contributed by atoms with Crippen LogP contribution in [0.3, 0.4) is 0 Å². The highest BCUT2D eigenvalue weighted by Gasteiger charge is 2.53. The highest BCUT2D eigenvalue weighted by Crippen LogP contribution is 2.35. The van der Waals surface area contributed by atoms with Gasteiger partial charge in [-0.25, -0.2) is 0 Å². The van der Waals surface area contributed by atoms with Crippen LogP contribution in [0.1, 0.15) is 33.9 Å². The first-order valence-corrected chi connectivity index (χ1v) is 8.71. The van der Waals surface area contributed by atoms with Gasteiger partial charge < -0.3 is 23.7 Å². The molecule has 0 radical (unpaired) electrons. The molecule has 1 aromatic rings. The van der Waals surface area contributed by atoms with Crippen LogP contribution in [0, 0.1) is 0 Å². The predicted octanol–water partition coefficient (Wildman–Crippen LogP) is -0.418. The summed E-state index contributed by atoms with van der Waals surface area (Å²) in [6, 6.07) is 0. The monoisotopic (exact) mass is 434 g/mol. The molecule has 2 heterocycles. The van der Waals surface area contributed by atoms with E-state index in [1.165, 1.54) is 6.92 Å². The third-order valence-corrected chi connectivity index (χ3v) is 3.91. The number of carbonyl (C=O) groups excluding carboxylic acids is 4. The van der Waals surface area contributed by atoms with E-state index in [0.29, 0.717) is 0 Å². The number of ether oxygens (including phenoxy) is 5. The van der Waals surface area contributed by atoms with E-state index in [1.54, 1.807) is 0 Å². The second-order valence-corrected chi connectivity index (χ2v) is 6.32. The van der Waals surface area contributed by atoms with Crippen LogP contribution in [0.25, 0.3) is 0 Å². The quantitative estimate of drug-likeness (QED) is 0.421. The van der Waals surface area contributed by atoms with Gasteiger partial charge in [0.2, 0.25) is 5.28 Å². The van der Waals surface area contributed by atoms with Crippen molar-refractivity contribution in [3.8, 4) is 0 Å². The Kier molecular flexibility index (Phi) is 7.45. The van der Waals surface area contributed by atoms with Crippen molar-refractivity contribution in [1.82, 2.24) is 20.2 Å². The molecule has 1 fully saturated rings. The van der Waals surface area contributed by atoms with Crippen LogP contribution in [0.4, 0.5) is 0 Å². The van der Waals surface area contributed by atoms with Crippen LogP contribution in [-0.2, 0) is 42.9 Å². The van der Waals surface area contributed by atoms with Gasteiger partial charge in [-0.1, -0.05) is 5.10 Å². The van der Waals surface area contributed by atoms with Crippen molar-refractivity contribution in [2.75, 3.05) is 6.61 Å². The van der Waals surface area contributed by atoms with Gasteiger partial charge in [0.05, 0.1) is 0 Å². The Bertz CT molecular complexity index is 786. The lowest BCUT2D eigenvalue weighted by atomic mass is 9.97. The molecule has 0 saturated carbocycles. The third kappa shape index (κ3) is 5.84. The van der Waals surface area contributed by atoms with E-state index in [2.05, 4.69) is 15.5 Å². The van der Waals surface area contributed by atoms with E-state index in [0.717, 1.165) is 25.5 Å². The SMILES string of the molecule is CC(=O)OC[C@H]1O[C@@H](n2nnnc2Cl)[C@H](OC(C)=O)[C@@H](OC(C)=O)[C@@H]1OC(C)=O. The molecule has 0 aliphatic carbocycles. The van der Waals surface area contributed by atoms with Gasteiger partial charge in [0.25, 0.3) is 0 Å². The molecule has 0 aromatic carbocycles. The standard InChI is InChI=1S/C15H19ClN4O9/c1-6(21)25-5-10-11(26-7(2)22)12(27-8(3)23)13(28-9(4)24)14(29-10)20-15(16)17-18-19-20/h10-14H,5H2,1-4H3/t10-,11-,12+,13-,14-/m1/s1. The molecule has 5 atom stereocenters. The van der Waals surface area contributed by atoms with E-state index in [-0.39, 0.29) is 11.9 Å². The van der Waals surface area contributed by atoms with Gasteiger partial charge in [-0.3, -0.25) is 19.2 Å². The molecule has 0 amide bonds. The lowest BCUT2D eigenvalue weighted by molar-refractivity contribution is -0.270. The molecule has 2 rings (SSSR count). The van der Waals surface area contributed by atoms with Crippen molar-refractivity contribution in [3.05, 3.63) is 5.28 Å². The Labute approximate surface area is 169 Å². The van der Waals surface area contributed by atoms with Crippen LogP contribution >= 0.6 is 11.6 Å². The van der Waals surface area contributed by atoms with E-state index in [1.807, 2.05) is 0 Å². The average Bonchev–Trinajstić information content (AvgIpc) is 3.01. The van der Waals surface area contributed by atoms with Crippen molar-refractivity contribution >= 4 is 35.5 Å². The van der Waals surface area contributed by atoms with Gasteiger partial charge in [0.1, 0.15) is 12.7 Å². The Balaban J connectivity index is 2.51. The van der Waals surface area contributed by atoms with Crippen LogP contribution in [0.2, 0.25) is 5.28 Å². The molecule has 0 bridgehead atoms. The summed E-state index contributed by atoms with van der Waals surface area (Å²) >= 11 is 5.95. The molecule has 29 heavy (non-hydrogen) atoms. The maximum Gasteiger partial charge on any atom is 0.303 e. The van der Waals surface area contributed by atoms with E-state index < -0.39 is 54.5 Å². The van der Waals surface area contributed by atoms with E-state index in [9.17, 15) is 19.2 Å². The molecule has 1 aliphatic rings. The second kappa shape index (κ2) is 9.60. The fourth-order valence-electron chi connectivity index (χ4n) is 2.74. The number of halogens is 1. The van der Waals surface area contributed by atoms with Crippen molar-refractivity contribution in [1.29, 1.82) is 0 Å². The largest absolute Gasteiger partial charge is 0.463 e. The average molecular weight is 435 g/mol. The zero-order valence-electron chi connectivity index (χ0n) is 15.9. The molecule has 1 saturated heterocycles. The third-order valence-electron chi connectivity index (χ3n) is 3.66. The summed E-state index contributed by atoms with van der Waals surface area (Å²) < 4.78 is 27.5. The predicted molar refractivity (Wildman–Crippen MR) is 90.0 cm³/mol. The Morgan fingerprint density at radius 2 is 1.48 bits per heavy atom. The molecular weight excluding hydrogens is 416 g/mol. The number of carbonyl (C=O) groups is 4. The summed E-state index contributed by atoms with van der Waals surface area (Å²) in [4.78, 5) is 46.3. The lowest BCUT2D eigenvalue weighted by Gasteiger charge is -2.43. The number of hydrogen-bond acceptors (Lipinski definition) is 12. The maximum atomic E-state index is 11.7. The zero-order valence-corrected chi connectivity index (χ0v) is 16.7. The van der Waals surface area contributed by atoms with E-state index >= 15 is 0 Å².